The fourth-order valence-corrected chi connectivity index (χ4v) is 4.87. The summed E-state index contributed by atoms with van der Waals surface area (Å²) in [6, 6.07) is 7.57. The van der Waals surface area contributed by atoms with Crippen LogP contribution in [0, 0.1) is 0 Å². The fourth-order valence-electron chi connectivity index (χ4n) is 4.87. The fraction of sp³-hybridized carbons (Fsp3) is 0.600. The Bertz CT molecular complexity index is 816. The van der Waals surface area contributed by atoms with Crippen LogP contribution in [0.3, 0.4) is 0 Å². The highest BCUT2D eigenvalue weighted by atomic mass is 16.5. The van der Waals surface area contributed by atoms with Crippen molar-refractivity contribution < 1.29 is 19.1 Å². The van der Waals surface area contributed by atoms with Gasteiger partial charge in [0, 0.05) is 19.1 Å². The Hall–Kier alpha value is -2.34. The first-order valence-corrected chi connectivity index (χ1v) is 11.8. The van der Waals surface area contributed by atoms with E-state index in [1.165, 1.54) is 19.3 Å². The molecule has 0 radical (unpaired) electrons. The van der Waals surface area contributed by atoms with E-state index in [-0.39, 0.29) is 24.0 Å². The van der Waals surface area contributed by atoms with Crippen LogP contribution in [-0.2, 0) is 14.3 Å². The number of benzene rings is 1. The van der Waals surface area contributed by atoms with Crippen LogP contribution < -0.4 is 4.74 Å². The van der Waals surface area contributed by atoms with Crippen molar-refractivity contribution in [2.45, 2.75) is 70.9 Å². The summed E-state index contributed by atoms with van der Waals surface area (Å²) < 4.78 is 11.3. The van der Waals surface area contributed by atoms with Crippen LogP contribution in [-0.4, -0.2) is 60.1 Å². The summed E-state index contributed by atoms with van der Waals surface area (Å²) in [4.78, 5) is 31.0. The second kappa shape index (κ2) is 9.86. The quantitative estimate of drug-likeness (QED) is 0.666. The van der Waals surface area contributed by atoms with Crippen LogP contribution >= 0.6 is 0 Å². The zero-order valence-corrected chi connectivity index (χ0v) is 18.8. The summed E-state index contributed by atoms with van der Waals surface area (Å²) in [5, 5.41) is 0. The summed E-state index contributed by atoms with van der Waals surface area (Å²) in [6.45, 7) is 6.37. The largest absolute Gasteiger partial charge is 0.491 e. The number of morpholine rings is 1. The first kappa shape index (κ1) is 21.9. The van der Waals surface area contributed by atoms with Gasteiger partial charge < -0.3 is 14.4 Å². The smallest absolute Gasteiger partial charge is 0.278 e. The minimum Gasteiger partial charge on any atom is -0.491 e. The lowest BCUT2D eigenvalue weighted by Crippen LogP contribution is -2.44. The van der Waals surface area contributed by atoms with E-state index in [1.807, 2.05) is 43.0 Å². The third-order valence-corrected chi connectivity index (χ3v) is 6.37. The molecule has 0 unspecified atom stereocenters. The Morgan fingerprint density at radius 2 is 1.52 bits per heavy atom. The van der Waals surface area contributed by atoms with E-state index in [0.717, 1.165) is 37.0 Å². The van der Waals surface area contributed by atoms with Crippen LogP contribution in [0.2, 0.25) is 0 Å². The first-order valence-electron chi connectivity index (χ1n) is 11.8. The summed E-state index contributed by atoms with van der Waals surface area (Å²) >= 11 is 0. The van der Waals surface area contributed by atoms with Crippen LogP contribution in [0.15, 0.2) is 30.0 Å². The van der Waals surface area contributed by atoms with Crippen molar-refractivity contribution >= 4 is 17.4 Å². The Morgan fingerprint density at radius 1 is 0.903 bits per heavy atom. The van der Waals surface area contributed by atoms with Gasteiger partial charge in [0.1, 0.15) is 11.4 Å². The van der Waals surface area contributed by atoms with Crippen LogP contribution in [0.4, 0.5) is 0 Å². The molecule has 0 aromatic heterocycles. The Balaban J connectivity index is 1.67. The summed E-state index contributed by atoms with van der Waals surface area (Å²) in [5.41, 5.74) is 1.86. The highest BCUT2D eigenvalue weighted by Gasteiger charge is 2.44. The lowest BCUT2D eigenvalue weighted by Gasteiger charge is -2.31. The van der Waals surface area contributed by atoms with Gasteiger partial charge in [-0.25, -0.2) is 0 Å². The van der Waals surface area contributed by atoms with Gasteiger partial charge in [-0.2, -0.15) is 0 Å². The molecule has 2 aliphatic heterocycles. The van der Waals surface area contributed by atoms with Gasteiger partial charge in [-0.05, 0) is 44.4 Å². The number of hydrogen-bond donors (Lipinski definition) is 0. The third-order valence-electron chi connectivity index (χ3n) is 6.37. The summed E-state index contributed by atoms with van der Waals surface area (Å²) in [7, 11) is 0. The molecule has 1 aliphatic carbocycles. The van der Waals surface area contributed by atoms with E-state index in [0.29, 0.717) is 37.6 Å². The average molecular weight is 427 g/mol. The van der Waals surface area contributed by atoms with Gasteiger partial charge in [-0.1, -0.05) is 44.2 Å². The topological polar surface area (TPSA) is 59.1 Å². The number of hydrogen-bond acceptors (Lipinski definition) is 5. The van der Waals surface area contributed by atoms with Crippen LogP contribution in [0.25, 0.3) is 5.57 Å². The van der Waals surface area contributed by atoms with Gasteiger partial charge in [0.2, 0.25) is 0 Å². The van der Waals surface area contributed by atoms with Gasteiger partial charge in [0.15, 0.2) is 0 Å². The normalized spacial score (nSPS) is 21.6. The molecule has 168 valence electrons. The molecular formula is C25H34N2O4. The first-order chi connectivity index (χ1) is 15.1. The Morgan fingerprint density at radius 3 is 2.13 bits per heavy atom. The number of ether oxygens (including phenoxy) is 2. The molecule has 1 saturated carbocycles. The molecule has 2 fully saturated rings. The SMILES string of the molecule is CC(C)Oc1ccc(C2=C(N3CCOCC3)C(=O)N(C3CCCCCCC3)C2=O)cc1. The van der Waals surface area contributed by atoms with Gasteiger partial charge in [0.25, 0.3) is 11.8 Å². The van der Waals surface area contributed by atoms with Crippen LogP contribution in [0.1, 0.15) is 64.4 Å². The van der Waals surface area contributed by atoms with E-state index >= 15 is 0 Å². The lowest BCUT2D eigenvalue weighted by atomic mass is 9.95. The van der Waals surface area contributed by atoms with Gasteiger partial charge in [-0.15, -0.1) is 0 Å². The summed E-state index contributed by atoms with van der Waals surface area (Å²) in [6.07, 6.45) is 7.66. The second-order valence-corrected chi connectivity index (χ2v) is 8.99. The molecule has 0 atom stereocenters. The second-order valence-electron chi connectivity index (χ2n) is 8.99. The third kappa shape index (κ3) is 4.79. The minimum absolute atomic E-state index is 0.00242. The molecular weight excluding hydrogens is 392 g/mol. The molecule has 3 aliphatic rings. The summed E-state index contributed by atoms with van der Waals surface area (Å²) in [5.74, 6) is 0.491. The van der Waals surface area contributed by atoms with E-state index in [4.69, 9.17) is 9.47 Å². The van der Waals surface area contributed by atoms with Crippen molar-refractivity contribution in [1.29, 1.82) is 0 Å². The van der Waals surface area contributed by atoms with Crippen molar-refractivity contribution in [2.75, 3.05) is 26.3 Å². The molecule has 1 aromatic carbocycles. The van der Waals surface area contributed by atoms with Crippen molar-refractivity contribution in [3.63, 3.8) is 0 Å². The molecule has 6 heteroatoms. The molecule has 0 N–H and O–H groups in total. The number of nitrogens with zero attached hydrogens (tertiary/aromatic N) is 2. The van der Waals surface area contributed by atoms with Gasteiger partial charge in [0.05, 0.1) is 24.9 Å². The molecule has 1 aromatic rings. The maximum atomic E-state index is 13.7. The van der Waals surface area contributed by atoms with Crippen molar-refractivity contribution in [3.05, 3.63) is 35.5 Å². The van der Waals surface area contributed by atoms with Crippen molar-refractivity contribution in [2.24, 2.45) is 0 Å². The number of imide groups is 1. The molecule has 0 spiro atoms. The highest BCUT2D eigenvalue weighted by molar-refractivity contribution is 6.35. The van der Waals surface area contributed by atoms with Crippen molar-refractivity contribution in [3.8, 4) is 5.75 Å². The maximum Gasteiger partial charge on any atom is 0.278 e. The number of amides is 2. The molecule has 6 nitrogen and oxygen atoms in total. The van der Waals surface area contributed by atoms with E-state index < -0.39 is 0 Å². The maximum absolute atomic E-state index is 13.7. The molecule has 1 saturated heterocycles. The lowest BCUT2D eigenvalue weighted by molar-refractivity contribution is -0.141. The molecule has 4 rings (SSSR count). The van der Waals surface area contributed by atoms with Crippen molar-refractivity contribution in [1.82, 2.24) is 9.80 Å². The van der Waals surface area contributed by atoms with Gasteiger partial charge in [-0.3, -0.25) is 14.5 Å². The van der Waals surface area contributed by atoms with Crippen LogP contribution in [0.5, 0.6) is 5.75 Å². The standard InChI is InChI=1S/C25H34N2O4/c1-18(2)31-21-12-10-19(11-13-21)22-23(26-14-16-30-17-15-26)25(29)27(24(22)28)20-8-6-4-3-5-7-9-20/h10-13,18,20H,3-9,14-17H2,1-2H3. The van der Waals surface area contributed by atoms with E-state index in [1.54, 1.807) is 4.90 Å². The zero-order valence-electron chi connectivity index (χ0n) is 18.8. The van der Waals surface area contributed by atoms with E-state index in [2.05, 4.69) is 0 Å². The van der Waals surface area contributed by atoms with E-state index in [9.17, 15) is 9.59 Å². The molecule has 2 heterocycles. The molecule has 0 bridgehead atoms. The Labute approximate surface area is 185 Å². The highest BCUT2D eigenvalue weighted by Crippen LogP contribution is 2.36. The molecule has 2 amide bonds. The predicted molar refractivity (Wildman–Crippen MR) is 119 cm³/mol. The average Bonchev–Trinajstić information content (AvgIpc) is 2.99. The number of rotatable bonds is 5. The zero-order chi connectivity index (χ0) is 21.8. The number of carbonyl (C=O) groups is 2. The number of carbonyl (C=O) groups excluding carboxylic acids is 2. The monoisotopic (exact) mass is 426 g/mol. The molecule has 31 heavy (non-hydrogen) atoms. The van der Waals surface area contributed by atoms with Gasteiger partial charge >= 0.3 is 0 Å². The predicted octanol–water partition coefficient (Wildman–Crippen LogP) is 4.00. The Kier molecular flexibility index (Phi) is 6.96. The minimum atomic E-state index is -0.144.